The van der Waals surface area contributed by atoms with Gasteiger partial charge in [-0.1, -0.05) is 30.3 Å². The number of hydrogen-bond acceptors (Lipinski definition) is 3. The molecule has 1 amide bonds. The topological polar surface area (TPSA) is 68.3 Å². The van der Waals surface area contributed by atoms with E-state index in [9.17, 15) is 4.79 Å². The molecule has 4 heteroatoms. The number of anilines is 1. The molecule has 1 aromatic carbocycles. The van der Waals surface area contributed by atoms with Crippen molar-refractivity contribution in [1.82, 2.24) is 5.32 Å². The van der Waals surface area contributed by atoms with Gasteiger partial charge in [0.25, 0.3) is 5.91 Å². The molecular weight excluding hydrogens is 216 g/mol. The van der Waals surface area contributed by atoms with Crippen molar-refractivity contribution in [1.29, 1.82) is 0 Å². The van der Waals surface area contributed by atoms with Crippen LogP contribution < -0.4 is 11.1 Å². The Hall–Kier alpha value is -2.23. The first kappa shape index (κ1) is 11.3. The lowest BCUT2D eigenvalue weighted by molar-refractivity contribution is 0.0927. The first-order valence-electron chi connectivity index (χ1n) is 5.43. The van der Waals surface area contributed by atoms with Gasteiger partial charge in [0.15, 0.2) is 11.6 Å². The lowest BCUT2D eigenvalue weighted by Gasteiger charge is -2.03. The summed E-state index contributed by atoms with van der Waals surface area (Å²) >= 11 is 0. The number of furan rings is 1. The van der Waals surface area contributed by atoms with Gasteiger partial charge in [-0.2, -0.15) is 0 Å². The third-order valence-corrected chi connectivity index (χ3v) is 2.39. The van der Waals surface area contributed by atoms with Crippen LogP contribution in [0, 0.1) is 0 Å². The van der Waals surface area contributed by atoms with Gasteiger partial charge in [-0.3, -0.25) is 4.79 Å². The molecule has 0 saturated heterocycles. The summed E-state index contributed by atoms with van der Waals surface area (Å²) in [5.74, 6) is 0.256. The van der Waals surface area contributed by atoms with Gasteiger partial charge in [-0.05, 0) is 18.1 Å². The number of nitrogens with one attached hydrogen (secondary N) is 1. The number of nitrogen functional groups attached to an aromatic ring is 1. The highest BCUT2D eigenvalue weighted by molar-refractivity contribution is 5.91. The second-order valence-electron chi connectivity index (χ2n) is 3.69. The molecule has 0 bridgehead atoms. The minimum Gasteiger partial charge on any atom is -0.436 e. The third kappa shape index (κ3) is 3.11. The van der Waals surface area contributed by atoms with Gasteiger partial charge in [-0.15, -0.1) is 0 Å². The molecule has 0 aliphatic heterocycles. The minimum absolute atomic E-state index is 0.238. The zero-order valence-electron chi connectivity index (χ0n) is 9.35. The fourth-order valence-corrected chi connectivity index (χ4v) is 1.53. The summed E-state index contributed by atoms with van der Waals surface area (Å²) in [5.41, 5.74) is 6.58. The number of rotatable bonds is 4. The molecular formula is C13H14N2O2. The van der Waals surface area contributed by atoms with Crippen molar-refractivity contribution >= 4 is 11.8 Å². The maximum absolute atomic E-state index is 11.6. The molecule has 2 aromatic rings. The van der Waals surface area contributed by atoms with Crippen molar-refractivity contribution in [3.05, 3.63) is 53.8 Å². The zero-order chi connectivity index (χ0) is 12.1. The van der Waals surface area contributed by atoms with Crippen LogP contribution in [-0.4, -0.2) is 12.5 Å². The van der Waals surface area contributed by atoms with Gasteiger partial charge in [0.2, 0.25) is 0 Å². The third-order valence-electron chi connectivity index (χ3n) is 2.39. The largest absolute Gasteiger partial charge is 0.436 e. The Bertz CT molecular complexity index is 491. The van der Waals surface area contributed by atoms with Crippen molar-refractivity contribution in [2.45, 2.75) is 6.42 Å². The number of carbonyl (C=O) groups excluding carboxylic acids is 1. The Labute approximate surface area is 99.4 Å². The maximum atomic E-state index is 11.6. The molecule has 0 radical (unpaired) electrons. The van der Waals surface area contributed by atoms with E-state index in [1.165, 1.54) is 5.56 Å². The molecule has 3 N–H and O–H groups in total. The predicted octanol–water partition coefficient (Wildman–Crippen LogP) is 1.83. The first-order valence-corrected chi connectivity index (χ1v) is 5.43. The van der Waals surface area contributed by atoms with Gasteiger partial charge in [0, 0.05) is 12.6 Å². The number of benzene rings is 1. The van der Waals surface area contributed by atoms with E-state index in [0.29, 0.717) is 6.54 Å². The highest BCUT2D eigenvalue weighted by atomic mass is 16.4. The van der Waals surface area contributed by atoms with E-state index >= 15 is 0 Å². The Morgan fingerprint density at radius 2 is 1.94 bits per heavy atom. The molecule has 0 spiro atoms. The highest BCUT2D eigenvalue weighted by Gasteiger charge is 2.08. The highest BCUT2D eigenvalue weighted by Crippen LogP contribution is 2.08. The molecule has 2 rings (SSSR count). The van der Waals surface area contributed by atoms with E-state index in [0.717, 1.165) is 6.42 Å². The molecule has 1 aromatic heterocycles. The van der Waals surface area contributed by atoms with Crippen LogP contribution in [0.3, 0.4) is 0 Å². The van der Waals surface area contributed by atoms with E-state index < -0.39 is 0 Å². The zero-order valence-corrected chi connectivity index (χ0v) is 9.35. The fraction of sp³-hybridized carbons (Fsp3) is 0.154. The molecule has 0 aliphatic rings. The van der Waals surface area contributed by atoms with Crippen LogP contribution >= 0.6 is 0 Å². The van der Waals surface area contributed by atoms with E-state index in [-0.39, 0.29) is 17.6 Å². The number of amides is 1. The Morgan fingerprint density at radius 3 is 2.59 bits per heavy atom. The summed E-state index contributed by atoms with van der Waals surface area (Å²) in [5, 5.41) is 2.77. The minimum atomic E-state index is -0.238. The molecule has 4 nitrogen and oxygen atoms in total. The van der Waals surface area contributed by atoms with E-state index in [1.54, 1.807) is 12.1 Å². The molecule has 0 atom stereocenters. The number of carbonyl (C=O) groups is 1. The molecule has 0 aliphatic carbocycles. The van der Waals surface area contributed by atoms with E-state index in [1.807, 2.05) is 30.3 Å². The van der Waals surface area contributed by atoms with Crippen LogP contribution in [-0.2, 0) is 6.42 Å². The summed E-state index contributed by atoms with van der Waals surface area (Å²) in [6.07, 6.45) is 0.794. The quantitative estimate of drug-likeness (QED) is 0.842. The molecule has 0 fully saturated rings. The second-order valence-corrected chi connectivity index (χ2v) is 3.69. The standard InChI is InChI=1S/C13H14N2O2/c14-12-7-6-11(17-12)13(16)15-9-8-10-4-2-1-3-5-10/h1-7H,8-9,14H2,(H,15,16). The van der Waals surface area contributed by atoms with Crippen molar-refractivity contribution in [3.8, 4) is 0 Å². The SMILES string of the molecule is Nc1ccc(C(=O)NCCc2ccccc2)o1. The van der Waals surface area contributed by atoms with Crippen LogP contribution in [0.4, 0.5) is 5.88 Å². The average Bonchev–Trinajstić information content (AvgIpc) is 2.77. The lowest BCUT2D eigenvalue weighted by atomic mass is 10.1. The predicted molar refractivity (Wildman–Crippen MR) is 65.6 cm³/mol. The summed E-state index contributed by atoms with van der Waals surface area (Å²) in [7, 11) is 0. The van der Waals surface area contributed by atoms with Crippen LogP contribution in [0.15, 0.2) is 46.9 Å². The molecule has 1 heterocycles. The van der Waals surface area contributed by atoms with E-state index in [2.05, 4.69) is 5.32 Å². The van der Waals surface area contributed by atoms with Crippen LogP contribution in [0.1, 0.15) is 16.1 Å². The smallest absolute Gasteiger partial charge is 0.287 e. The maximum Gasteiger partial charge on any atom is 0.287 e. The van der Waals surface area contributed by atoms with Gasteiger partial charge in [0.1, 0.15) is 0 Å². The summed E-state index contributed by atoms with van der Waals surface area (Å²) in [4.78, 5) is 11.6. The Balaban J connectivity index is 1.81. The van der Waals surface area contributed by atoms with Crippen molar-refractivity contribution in [3.63, 3.8) is 0 Å². The fourth-order valence-electron chi connectivity index (χ4n) is 1.53. The van der Waals surface area contributed by atoms with Gasteiger partial charge < -0.3 is 15.5 Å². The Kier molecular flexibility index (Phi) is 3.45. The summed E-state index contributed by atoms with van der Waals surface area (Å²) in [6.45, 7) is 0.573. The van der Waals surface area contributed by atoms with Crippen LogP contribution in [0.25, 0.3) is 0 Å². The van der Waals surface area contributed by atoms with Crippen molar-refractivity contribution < 1.29 is 9.21 Å². The molecule has 17 heavy (non-hydrogen) atoms. The van der Waals surface area contributed by atoms with E-state index in [4.69, 9.17) is 10.2 Å². The number of hydrogen-bond donors (Lipinski definition) is 2. The number of nitrogens with two attached hydrogens (primary N) is 1. The average molecular weight is 230 g/mol. The summed E-state index contributed by atoms with van der Waals surface area (Å²) < 4.78 is 5.01. The monoisotopic (exact) mass is 230 g/mol. The van der Waals surface area contributed by atoms with Crippen molar-refractivity contribution in [2.24, 2.45) is 0 Å². The lowest BCUT2D eigenvalue weighted by Crippen LogP contribution is -2.25. The molecule has 0 unspecified atom stereocenters. The van der Waals surface area contributed by atoms with Crippen LogP contribution in [0.2, 0.25) is 0 Å². The van der Waals surface area contributed by atoms with Gasteiger partial charge >= 0.3 is 0 Å². The van der Waals surface area contributed by atoms with Gasteiger partial charge in [-0.25, -0.2) is 0 Å². The molecule has 88 valence electrons. The second kappa shape index (κ2) is 5.21. The van der Waals surface area contributed by atoms with Crippen LogP contribution in [0.5, 0.6) is 0 Å². The summed E-state index contributed by atoms with van der Waals surface area (Å²) in [6, 6.07) is 13.1. The molecule has 0 saturated carbocycles. The van der Waals surface area contributed by atoms with Gasteiger partial charge in [0.05, 0.1) is 0 Å². The normalized spacial score (nSPS) is 10.1. The first-order chi connectivity index (χ1) is 8.25. The Morgan fingerprint density at radius 1 is 1.18 bits per heavy atom. The van der Waals surface area contributed by atoms with Crippen molar-refractivity contribution in [2.75, 3.05) is 12.3 Å².